The van der Waals surface area contributed by atoms with Crippen LogP contribution in [-0.4, -0.2) is 24.4 Å². The Labute approximate surface area is 156 Å². The Balaban J connectivity index is 1.89. The highest BCUT2D eigenvalue weighted by Gasteiger charge is 2.24. The molecule has 0 radical (unpaired) electrons. The predicted molar refractivity (Wildman–Crippen MR) is 105 cm³/mol. The average Bonchev–Trinajstić information content (AvgIpc) is 2.65. The molecule has 2 aromatic rings. The van der Waals surface area contributed by atoms with Gasteiger partial charge in [-0.3, -0.25) is 9.59 Å². The van der Waals surface area contributed by atoms with Crippen LogP contribution in [0.5, 0.6) is 0 Å². The van der Waals surface area contributed by atoms with Crippen molar-refractivity contribution in [2.45, 2.75) is 39.2 Å². The van der Waals surface area contributed by atoms with Gasteiger partial charge in [-0.2, -0.15) is 0 Å². The molecule has 4 heteroatoms. The topological polar surface area (TPSA) is 58.2 Å². The van der Waals surface area contributed by atoms with Gasteiger partial charge in [0.15, 0.2) is 0 Å². The summed E-state index contributed by atoms with van der Waals surface area (Å²) in [7, 11) is 0. The molecule has 0 aliphatic heterocycles. The van der Waals surface area contributed by atoms with Crippen molar-refractivity contribution in [1.82, 2.24) is 10.6 Å². The Bertz CT molecular complexity index is 699. The number of carbonyl (C=O) groups is 2. The lowest BCUT2D eigenvalue weighted by Crippen LogP contribution is -2.50. The van der Waals surface area contributed by atoms with Crippen molar-refractivity contribution in [2.75, 3.05) is 6.54 Å². The summed E-state index contributed by atoms with van der Waals surface area (Å²) in [4.78, 5) is 24.9. The van der Waals surface area contributed by atoms with E-state index in [1.807, 2.05) is 62.4 Å². The zero-order valence-electron chi connectivity index (χ0n) is 15.7. The van der Waals surface area contributed by atoms with Gasteiger partial charge in [-0.15, -0.1) is 0 Å². The Morgan fingerprint density at radius 3 is 2.04 bits per heavy atom. The number of rotatable bonds is 8. The fraction of sp³-hybridized carbons (Fsp3) is 0.364. The highest BCUT2D eigenvalue weighted by molar-refractivity contribution is 5.88. The minimum Gasteiger partial charge on any atom is -0.354 e. The van der Waals surface area contributed by atoms with Crippen LogP contribution >= 0.6 is 0 Å². The molecule has 0 saturated carbocycles. The molecule has 4 nitrogen and oxygen atoms in total. The van der Waals surface area contributed by atoms with Crippen molar-refractivity contribution in [3.05, 3.63) is 71.8 Å². The summed E-state index contributed by atoms with van der Waals surface area (Å²) >= 11 is 0. The van der Waals surface area contributed by atoms with E-state index in [2.05, 4.69) is 29.7 Å². The molecule has 0 saturated heterocycles. The molecule has 26 heavy (non-hydrogen) atoms. The van der Waals surface area contributed by atoms with Crippen LogP contribution in [0.15, 0.2) is 60.7 Å². The van der Waals surface area contributed by atoms with Crippen molar-refractivity contribution in [3.63, 3.8) is 0 Å². The van der Waals surface area contributed by atoms with Crippen molar-refractivity contribution >= 4 is 11.8 Å². The maximum absolute atomic E-state index is 12.6. The van der Waals surface area contributed by atoms with Gasteiger partial charge in [0.1, 0.15) is 6.04 Å². The van der Waals surface area contributed by atoms with Gasteiger partial charge in [0.05, 0.1) is 6.42 Å². The van der Waals surface area contributed by atoms with Crippen molar-refractivity contribution in [1.29, 1.82) is 0 Å². The number of hydrogen-bond donors (Lipinski definition) is 2. The first-order chi connectivity index (χ1) is 12.5. The molecule has 0 bridgehead atoms. The van der Waals surface area contributed by atoms with Gasteiger partial charge in [-0.05, 0) is 23.0 Å². The first-order valence-corrected chi connectivity index (χ1v) is 9.13. The monoisotopic (exact) mass is 352 g/mol. The van der Waals surface area contributed by atoms with E-state index in [0.717, 1.165) is 5.56 Å². The van der Waals surface area contributed by atoms with Crippen LogP contribution in [0, 0.1) is 5.92 Å². The predicted octanol–water partition coefficient (Wildman–Crippen LogP) is 3.29. The lowest BCUT2D eigenvalue weighted by molar-refractivity contribution is -0.129. The minimum absolute atomic E-state index is 0.0155. The summed E-state index contributed by atoms with van der Waals surface area (Å²) in [6, 6.07) is 19.1. The first-order valence-electron chi connectivity index (χ1n) is 9.13. The summed E-state index contributed by atoms with van der Waals surface area (Å²) in [5.41, 5.74) is 2.12. The first kappa shape index (κ1) is 19.7. The number of carbonyl (C=O) groups excluding carboxylic acids is 2. The standard InChI is InChI=1S/C22H28N2O2/c1-16(2)21(24-20(25)14-18-10-6-4-7-11-18)22(26)23-15-17(3)19-12-8-5-9-13-19/h4-13,16-17,21H,14-15H2,1-3H3,(H,23,26)(H,24,25)/t17-,21-/m0/s1. The van der Waals surface area contributed by atoms with Gasteiger partial charge >= 0.3 is 0 Å². The normalized spacial score (nSPS) is 13.1. The van der Waals surface area contributed by atoms with E-state index in [1.165, 1.54) is 5.56 Å². The van der Waals surface area contributed by atoms with Crippen LogP contribution in [0.3, 0.4) is 0 Å². The second-order valence-electron chi connectivity index (χ2n) is 7.01. The van der Waals surface area contributed by atoms with E-state index in [1.54, 1.807) is 0 Å². The fourth-order valence-electron chi connectivity index (χ4n) is 2.80. The van der Waals surface area contributed by atoms with Gasteiger partial charge in [0, 0.05) is 6.54 Å². The third kappa shape index (κ3) is 6.03. The Hall–Kier alpha value is -2.62. The van der Waals surface area contributed by atoms with Gasteiger partial charge in [-0.25, -0.2) is 0 Å². The smallest absolute Gasteiger partial charge is 0.242 e. The zero-order valence-corrected chi connectivity index (χ0v) is 15.7. The van der Waals surface area contributed by atoms with Crippen LogP contribution in [0.25, 0.3) is 0 Å². The summed E-state index contributed by atoms with van der Waals surface area (Å²) in [5, 5.41) is 5.86. The highest BCUT2D eigenvalue weighted by Crippen LogP contribution is 2.13. The molecule has 0 unspecified atom stereocenters. The molecule has 0 fully saturated rings. The van der Waals surface area contributed by atoms with Crippen molar-refractivity contribution in [3.8, 4) is 0 Å². The molecule has 2 aromatic carbocycles. The molecule has 0 aliphatic carbocycles. The van der Waals surface area contributed by atoms with E-state index < -0.39 is 6.04 Å². The molecule has 2 rings (SSSR count). The Morgan fingerprint density at radius 2 is 1.46 bits per heavy atom. The second kappa shape index (κ2) is 9.76. The SMILES string of the molecule is CC(C)[C@H](NC(=O)Cc1ccccc1)C(=O)NC[C@H](C)c1ccccc1. The van der Waals surface area contributed by atoms with Crippen molar-refractivity contribution < 1.29 is 9.59 Å². The van der Waals surface area contributed by atoms with Gasteiger partial charge in [-0.1, -0.05) is 81.4 Å². The summed E-state index contributed by atoms with van der Waals surface area (Å²) in [6.45, 7) is 6.50. The number of hydrogen-bond acceptors (Lipinski definition) is 2. The van der Waals surface area contributed by atoms with E-state index in [-0.39, 0.29) is 30.1 Å². The van der Waals surface area contributed by atoms with Crippen LogP contribution in [0.2, 0.25) is 0 Å². The largest absolute Gasteiger partial charge is 0.354 e. The third-order valence-corrected chi connectivity index (χ3v) is 4.42. The van der Waals surface area contributed by atoms with E-state index >= 15 is 0 Å². The summed E-state index contributed by atoms with van der Waals surface area (Å²) < 4.78 is 0. The molecule has 2 amide bonds. The van der Waals surface area contributed by atoms with Crippen LogP contribution in [0.4, 0.5) is 0 Å². The third-order valence-electron chi connectivity index (χ3n) is 4.42. The quantitative estimate of drug-likeness (QED) is 0.766. The molecule has 2 atom stereocenters. The summed E-state index contributed by atoms with van der Waals surface area (Å²) in [6.07, 6.45) is 0.276. The van der Waals surface area contributed by atoms with Crippen LogP contribution in [0.1, 0.15) is 37.8 Å². The van der Waals surface area contributed by atoms with Crippen LogP contribution < -0.4 is 10.6 Å². The van der Waals surface area contributed by atoms with E-state index in [4.69, 9.17) is 0 Å². The number of benzene rings is 2. The molecule has 0 aliphatic rings. The highest BCUT2D eigenvalue weighted by atomic mass is 16.2. The summed E-state index contributed by atoms with van der Waals surface area (Å²) in [5.74, 6) is -0.0416. The second-order valence-corrected chi connectivity index (χ2v) is 7.01. The fourth-order valence-corrected chi connectivity index (χ4v) is 2.80. The lowest BCUT2D eigenvalue weighted by atomic mass is 10.00. The van der Waals surface area contributed by atoms with Gasteiger partial charge in [0.2, 0.25) is 11.8 Å². The lowest BCUT2D eigenvalue weighted by Gasteiger charge is -2.23. The molecule has 138 valence electrons. The maximum Gasteiger partial charge on any atom is 0.242 e. The minimum atomic E-state index is -0.533. The van der Waals surface area contributed by atoms with E-state index in [0.29, 0.717) is 6.54 Å². The molecular formula is C22H28N2O2. The Morgan fingerprint density at radius 1 is 0.885 bits per heavy atom. The zero-order chi connectivity index (χ0) is 18.9. The molecule has 0 spiro atoms. The molecule has 0 aromatic heterocycles. The molecule has 0 heterocycles. The number of amides is 2. The Kier molecular flexibility index (Phi) is 7.39. The molecule has 2 N–H and O–H groups in total. The molecular weight excluding hydrogens is 324 g/mol. The van der Waals surface area contributed by atoms with E-state index in [9.17, 15) is 9.59 Å². The average molecular weight is 352 g/mol. The van der Waals surface area contributed by atoms with Gasteiger partial charge in [0.25, 0.3) is 0 Å². The van der Waals surface area contributed by atoms with Gasteiger partial charge < -0.3 is 10.6 Å². The van der Waals surface area contributed by atoms with Crippen molar-refractivity contribution in [2.24, 2.45) is 5.92 Å². The number of nitrogens with one attached hydrogen (secondary N) is 2. The maximum atomic E-state index is 12.6. The van der Waals surface area contributed by atoms with Crippen LogP contribution in [-0.2, 0) is 16.0 Å².